The Balaban J connectivity index is 2.03. The number of Topliss-reactive ketones (excluding diaryl/α,β-unsaturated/α-hetero) is 1. The molecule has 1 aromatic carbocycles. The highest BCUT2D eigenvalue weighted by atomic mass is 16.2. The number of anilines is 1. The van der Waals surface area contributed by atoms with Gasteiger partial charge in [-0.05, 0) is 42.2 Å². The predicted octanol–water partition coefficient (Wildman–Crippen LogP) is 2.84. The van der Waals surface area contributed by atoms with E-state index >= 15 is 0 Å². The molecule has 0 aliphatic rings. The number of carbonyl (C=O) groups is 3. The molecule has 0 aliphatic heterocycles. The molecule has 0 saturated heterocycles. The number of ketones is 1. The third-order valence-corrected chi connectivity index (χ3v) is 4.38. The van der Waals surface area contributed by atoms with E-state index in [1.54, 1.807) is 36.4 Å². The number of benzene rings is 1. The van der Waals surface area contributed by atoms with Gasteiger partial charge in [0, 0.05) is 11.8 Å². The summed E-state index contributed by atoms with van der Waals surface area (Å²) in [4.78, 5) is 41.2. The van der Waals surface area contributed by atoms with Gasteiger partial charge in [-0.3, -0.25) is 14.4 Å². The first-order valence-electron chi connectivity index (χ1n) is 9.20. The highest BCUT2D eigenvalue weighted by molar-refractivity contribution is 6.11. The molecule has 2 amide bonds. The van der Waals surface area contributed by atoms with Crippen LogP contribution in [-0.4, -0.2) is 28.6 Å². The SMILES string of the molecule is C[C@H](NC(=O)c1ccc(C(C)(C)C)cc1)C(=O)[C@@H](C#N)C(=O)Nc1ccccn1. The van der Waals surface area contributed by atoms with Crippen molar-refractivity contribution in [3.63, 3.8) is 0 Å². The van der Waals surface area contributed by atoms with Crippen molar-refractivity contribution in [2.75, 3.05) is 5.32 Å². The fraction of sp³-hybridized carbons (Fsp3) is 0.318. The number of nitriles is 1. The first-order valence-corrected chi connectivity index (χ1v) is 9.20. The maximum Gasteiger partial charge on any atom is 0.251 e. The lowest BCUT2D eigenvalue weighted by molar-refractivity contribution is -0.129. The molecule has 7 heteroatoms. The summed E-state index contributed by atoms with van der Waals surface area (Å²) in [6, 6.07) is 12.7. The van der Waals surface area contributed by atoms with Gasteiger partial charge in [0.2, 0.25) is 0 Å². The largest absolute Gasteiger partial charge is 0.342 e. The standard InChI is InChI=1S/C22H24N4O3/c1-14(25-20(28)15-8-10-16(11-9-15)22(2,3)4)19(27)17(13-23)21(29)26-18-7-5-6-12-24-18/h5-12,14,17H,1-4H3,(H,25,28)(H,24,26,29)/t14-,17+/m0/s1. The van der Waals surface area contributed by atoms with Crippen LogP contribution in [0.25, 0.3) is 0 Å². The Bertz CT molecular complexity index is 925. The number of hydrogen-bond donors (Lipinski definition) is 2. The van der Waals surface area contributed by atoms with E-state index in [0.29, 0.717) is 5.56 Å². The van der Waals surface area contributed by atoms with Crippen molar-refractivity contribution in [1.82, 2.24) is 10.3 Å². The van der Waals surface area contributed by atoms with Crippen LogP contribution in [0.15, 0.2) is 48.7 Å². The molecule has 1 aromatic heterocycles. The summed E-state index contributed by atoms with van der Waals surface area (Å²) in [6.07, 6.45) is 1.48. The lowest BCUT2D eigenvalue weighted by Gasteiger charge is -2.19. The Labute approximate surface area is 170 Å². The fourth-order valence-corrected chi connectivity index (χ4v) is 2.61. The minimum atomic E-state index is -1.56. The maximum atomic E-state index is 12.5. The molecule has 2 N–H and O–H groups in total. The molecular formula is C22H24N4O3. The van der Waals surface area contributed by atoms with Gasteiger partial charge in [-0.15, -0.1) is 0 Å². The molecule has 0 spiro atoms. The number of hydrogen-bond acceptors (Lipinski definition) is 5. The van der Waals surface area contributed by atoms with Crippen LogP contribution in [0.2, 0.25) is 0 Å². The average molecular weight is 392 g/mol. The van der Waals surface area contributed by atoms with E-state index < -0.39 is 29.6 Å². The van der Waals surface area contributed by atoms with Gasteiger partial charge in [0.15, 0.2) is 11.7 Å². The van der Waals surface area contributed by atoms with Gasteiger partial charge in [-0.2, -0.15) is 5.26 Å². The van der Waals surface area contributed by atoms with E-state index in [4.69, 9.17) is 0 Å². The second-order valence-corrected chi connectivity index (χ2v) is 7.69. The fourth-order valence-electron chi connectivity index (χ4n) is 2.61. The molecule has 29 heavy (non-hydrogen) atoms. The summed E-state index contributed by atoms with van der Waals surface area (Å²) in [5.41, 5.74) is 1.43. The van der Waals surface area contributed by atoms with E-state index in [0.717, 1.165) is 5.56 Å². The molecule has 7 nitrogen and oxygen atoms in total. The van der Waals surface area contributed by atoms with Crippen LogP contribution in [0.5, 0.6) is 0 Å². The topological polar surface area (TPSA) is 112 Å². The van der Waals surface area contributed by atoms with Gasteiger partial charge in [-0.1, -0.05) is 39.0 Å². The summed E-state index contributed by atoms with van der Waals surface area (Å²) in [6.45, 7) is 7.66. The van der Waals surface area contributed by atoms with Gasteiger partial charge in [-0.25, -0.2) is 4.98 Å². The van der Waals surface area contributed by atoms with Crippen LogP contribution >= 0.6 is 0 Å². The lowest BCUT2D eigenvalue weighted by Crippen LogP contribution is -2.44. The number of pyridine rings is 1. The first kappa shape index (κ1) is 21.8. The summed E-state index contributed by atoms with van der Waals surface area (Å²) < 4.78 is 0. The van der Waals surface area contributed by atoms with E-state index in [-0.39, 0.29) is 11.2 Å². The van der Waals surface area contributed by atoms with Crippen LogP contribution in [-0.2, 0) is 15.0 Å². The molecule has 0 aliphatic carbocycles. The van der Waals surface area contributed by atoms with Crippen molar-refractivity contribution in [2.45, 2.75) is 39.2 Å². The molecule has 1 heterocycles. The van der Waals surface area contributed by atoms with Crippen LogP contribution in [0.3, 0.4) is 0 Å². The number of rotatable bonds is 6. The number of nitrogens with zero attached hydrogens (tertiary/aromatic N) is 2. The molecule has 2 rings (SSSR count). The lowest BCUT2D eigenvalue weighted by atomic mass is 9.86. The van der Waals surface area contributed by atoms with Crippen molar-refractivity contribution >= 4 is 23.4 Å². The molecule has 2 atom stereocenters. The zero-order valence-corrected chi connectivity index (χ0v) is 16.9. The minimum absolute atomic E-state index is 0.0424. The second-order valence-electron chi connectivity index (χ2n) is 7.69. The zero-order chi connectivity index (χ0) is 21.6. The summed E-state index contributed by atoms with van der Waals surface area (Å²) in [7, 11) is 0. The third kappa shape index (κ3) is 5.72. The van der Waals surface area contributed by atoms with Gasteiger partial charge >= 0.3 is 0 Å². The molecule has 2 aromatic rings. The smallest absolute Gasteiger partial charge is 0.251 e. The molecule has 150 valence electrons. The van der Waals surface area contributed by atoms with Gasteiger partial charge in [0.1, 0.15) is 5.82 Å². The van der Waals surface area contributed by atoms with Crippen molar-refractivity contribution < 1.29 is 14.4 Å². The first-order chi connectivity index (χ1) is 13.6. The Hall–Kier alpha value is -3.53. The third-order valence-electron chi connectivity index (χ3n) is 4.38. The highest BCUT2D eigenvalue weighted by Gasteiger charge is 2.31. The van der Waals surface area contributed by atoms with Crippen LogP contribution in [0.1, 0.15) is 43.6 Å². The summed E-state index contributed by atoms with van der Waals surface area (Å²) in [5.74, 6) is -3.25. The van der Waals surface area contributed by atoms with Crippen LogP contribution in [0.4, 0.5) is 5.82 Å². The van der Waals surface area contributed by atoms with E-state index in [1.165, 1.54) is 13.1 Å². The minimum Gasteiger partial charge on any atom is -0.342 e. The zero-order valence-electron chi connectivity index (χ0n) is 16.9. The monoisotopic (exact) mass is 392 g/mol. The second kappa shape index (κ2) is 9.11. The van der Waals surface area contributed by atoms with Crippen molar-refractivity contribution in [2.24, 2.45) is 5.92 Å². The summed E-state index contributed by atoms with van der Waals surface area (Å²) in [5, 5.41) is 14.3. The van der Waals surface area contributed by atoms with E-state index in [9.17, 15) is 19.6 Å². The summed E-state index contributed by atoms with van der Waals surface area (Å²) >= 11 is 0. The maximum absolute atomic E-state index is 12.5. The van der Waals surface area contributed by atoms with Gasteiger partial charge < -0.3 is 10.6 Å². The predicted molar refractivity (Wildman–Crippen MR) is 109 cm³/mol. The Morgan fingerprint density at radius 2 is 1.72 bits per heavy atom. The van der Waals surface area contributed by atoms with Crippen molar-refractivity contribution in [3.05, 3.63) is 59.8 Å². The Kier molecular flexibility index (Phi) is 6.84. The van der Waals surface area contributed by atoms with E-state index in [1.807, 2.05) is 12.1 Å². The molecular weight excluding hydrogens is 368 g/mol. The van der Waals surface area contributed by atoms with Gasteiger partial charge in [0.25, 0.3) is 11.8 Å². The average Bonchev–Trinajstić information content (AvgIpc) is 2.68. The number of nitrogens with one attached hydrogen (secondary N) is 2. The van der Waals surface area contributed by atoms with Crippen LogP contribution in [0, 0.1) is 17.2 Å². The van der Waals surface area contributed by atoms with Crippen LogP contribution < -0.4 is 10.6 Å². The highest BCUT2D eigenvalue weighted by Crippen LogP contribution is 2.22. The molecule has 0 unspecified atom stereocenters. The van der Waals surface area contributed by atoms with Gasteiger partial charge in [0.05, 0.1) is 12.1 Å². The number of aromatic nitrogens is 1. The normalized spacial score (nSPS) is 12.9. The van der Waals surface area contributed by atoms with Crippen molar-refractivity contribution in [1.29, 1.82) is 5.26 Å². The number of amides is 2. The molecule has 0 bridgehead atoms. The molecule has 0 radical (unpaired) electrons. The Morgan fingerprint density at radius 3 is 2.24 bits per heavy atom. The Morgan fingerprint density at radius 1 is 1.07 bits per heavy atom. The number of carbonyl (C=O) groups excluding carboxylic acids is 3. The van der Waals surface area contributed by atoms with Crippen molar-refractivity contribution in [3.8, 4) is 6.07 Å². The quantitative estimate of drug-likeness (QED) is 0.734. The molecule has 0 fully saturated rings. The van der Waals surface area contributed by atoms with E-state index in [2.05, 4.69) is 36.4 Å². The molecule has 0 saturated carbocycles.